The van der Waals surface area contributed by atoms with Crippen molar-refractivity contribution in [2.45, 2.75) is 35.5 Å². The van der Waals surface area contributed by atoms with Gasteiger partial charge in [-0.1, -0.05) is 17.7 Å². The van der Waals surface area contributed by atoms with Crippen molar-refractivity contribution in [2.24, 2.45) is 0 Å². The zero-order valence-electron chi connectivity index (χ0n) is 26.5. The maximum Gasteiger partial charge on any atom is 0.271 e. The molecule has 3 atom stereocenters. The molecular weight excluding hydrogens is 658 g/mol. The van der Waals surface area contributed by atoms with Crippen LogP contribution in [0.4, 0.5) is 5.69 Å². The van der Waals surface area contributed by atoms with Crippen molar-refractivity contribution < 1.29 is 32.2 Å². The predicted molar refractivity (Wildman–Crippen MR) is 178 cm³/mol. The van der Waals surface area contributed by atoms with Gasteiger partial charge in [0.05, 0.1) is 43.1 Å². The lowest BCUT2D eigenvalue weighted by Crippen LogP contribution is -2.55. The van der Waals surface area contributed by atoms with E-state index in [0.717, 1.165) is 36.0 Å². The van der Waals surface area contributed by atoms with Gasteiger partial charge < -0.3 is 24.3 Å². The number of rotatable bonds is 9. The van der Waals surface area contributed by atoms with Crippen LogP contribution in [0, 0.1) is 0 Å². The molecule has 48 heavy (non-hydrogen) atoms. The smallest absolute Gasteiger partial charge is 0.271 e. The number of sulfonamides is 1. The Morgan fingerprint density at radius 1 is 1.04 bits per heavy atom. The number of oxazole rings is 1. The summed E-state index contributed by atoms with van der Waals surface area (Å²) in [6.45, 7) is 4.03. The fourth-order valence-electron chi connectivity index (χ4n) is 7.21. The Morgan fingerprint density at radius 3 is 2.50 bits per heavy atom. The number of fused-ring (bicyclic) bond motifs is 1. The van der Waals surface area contributed by atoms with E-state index in [1.165, 1.54) is 50.9 Å². The van der Waals surface area contributed by atoms with Crippen LogP contribution in [0.5, 0.6) is 11.5 Å². The number of anilines is 1. The summed E-state index contributed by atoms with van der Waals surface area (Å²) in [5, 5.41) is 14.9. The fraction of sp³-hybridized carbons (Fsp3) is 0.353. The van der Waals surface area contributed by atoms with E-state index in [-0.39, 0.29) is 29.4 Å². The van der Waals surface area contributed by atoms with Gasteiger partial charge in [-0.3, -0.25) is 14.6 Å². The third-order valence-corrected chi connectivity index (χ3v) is 11.3. The third kappa shape index (κ3) is 5.34. The van der Waals surface area contributed by atoms with Gasteiger partial charge in [0.15, 0.2) is 5.54 Å². The molecule has 4 heterocycles. The van der Waals surface area contributed by atoms with Gasteiger partial charge in [0.1, 0.15) is 17.8 Å². The summed E-state index contributed by atoms with van der Waals surface area (Å²) in [7, 11) is -1.49. The van der Waals surface area contributed by atoms with Crippen LogP contribution >= 0.6 is 11.6 Å². The van der Waals surface area contributed by atoms with Crippen LogP contribution in [0.15, 0.2) is 82.4 Å². The normalized spacial score (nSPS) is 23.4. The van der Waals surface area contributed by atoms with Crippen molar-refractivity contribution in [1.29, 1.82) is 0 Å². The Labute approximate surface area is 283 Å². The van der Waals surface area contributed by atoms with E-state index in [0.29, 0.717) is 34.2 Å². The van der Waals surface area contributed by atoms with E-state index < -0.39 is 33.6 Å². The summed E-state index contributed by atoms with van der Waals surface area (Å²) in [6.07, 6.45) is 2.25. The number of aliphatic hydroxyl groups is 1. The second kappa shape index (κ2) is 12.8. The Morgan fingerprint density at radius 2 is 1.81 bits per heavy atom. The molecule has 4 aromatic rings. The van der Waals surface area contributed by atoms with Crippen LogP contribution in [0.1, 0.15) is 35.0 Å². The number of methoxy groups -OCH3 is 2. The standard InChI is InChI=1S/C34H36ClN5O7S/c1-45-25-5-7-26(8-6-25)48(43,44)40-29-9-4-23(35)18-27(29)34(33(40)42,39-21-24(41)19-30(39)32-37-13-16-47-32)28-17-22(3-10-31(28)46-2)20-38-14-11-36-12-15-38/h3-10,13,16-18,24,30,36,41H,11-12,14-15,19-21H2,1-2H3. The molecule has 3 aliphatic heterocycles. The number of carbonyl (C=O) groups excluding carboxylic acids is 1. The van der Waals surface area contributed by atoms with Crippen LogP contribution in [-0.2, 0) is 26.9 Å². The summed E-state index contributed by atoms with van der Waals surface area (Å²) < 4.78 is 46.9. The highest BCUT2D eigenvalue weighted by molar-refractivity contribution is 7.93. The number of halogens is 1. The summed E-state index contributed by atoms with van der Waals surface area (Å²) in [4.78, 5) is 24.0. The summed E-state index contributed by atoms with van der Waals surface area (Å²) in [5.74, 6) is 0.359. The highest BCUT2D eigenvalue weighted by atomic mass is 35.5. The van der Waals surface area contributed by atoms with E-state index in [9.17, 15) is 13.5 Å². The maximum atomic E-state index is 15.5. The molecular formula is C34H36ClN5O7S. The number of nitrogens with one attached hydrogen (secondary N) is 1. The van der Waals surface area contributed by atoms with E-state index in [1.54, 1.807) is 29.2 Å². The molecule has 0 aliphatic carbocycles. The van der Waals surface area contributed by atoms with Gasteiger partial charge in [0, 0.05) is 55.4 Å². The summed E-state index contributed by atoms with van der Waals surface area (Å²) in [6, 6.07) is 15.6. The molecule has 2 N–H and O–H groups in total. The highest BCUT2D eigenvalue weighted by Gasteiger charge is 2.63. The van der Waals surface area contributed by atoms with Crippen molar-refractivity contribution in [1.82, 2.24) is 20.1 Å². The van der Waals surface area contributed by atoms with Gasteiger partial charge in [0.25, 0.3) is 15.9 Å². The minimum atomic E-state index is -4.48. The van der Waals surface area contributed by atoms with Gasteiger partial charge in [-0.2, -0.15) is 0 Å². The molecule has 1 amide bonds. The molecule has 2 fully saturated rings. The average molecular weight is 694 g/mol. The molecule has 0 saturated carbocycles. The number of piperazine rings is 1. The zero-order valence-corrected chi connectivity index (χ0v) is 28.1. The molecule has 2 saturated heterocycles. The third-order valence-electron chi connectivity index (χ3n) is 9.37. The first-order chi connectivity index (χ1) is 23.2. The van der Waals surface area contributed by atoms with Gasteiger partial charge >= 0.3 is 0 Å². The number of aliphatic hydroxyl groups excluding tert-OH is 1. The average Bonchev–Trinajstić information content (AvgIpc) is 3.82. The van der Waals surface area contributed by atoms with Crippen molar-refractivity contribution in [3.63, 3.8) is 0 Å². The number of carbonyl (C=O) groups is 1. The number of nitrogens with zero attached hydrogens (tertiary/aromatic N) is 4. The molecule has 3 unspecified atom stereocenters. The molecule has 252 valence electrons. The maximum absolute atomic E-state index is 15.5. The van der Waals surface area contributed by atoms with Gasteiger partial charge in [-0.25, -0.2) is 17.7 Å². The number of amides is 1. The molecule has 0 radical (unpaired) electrons. The Kier molecular flexibility index (Phi) is 8.69. The number of aromatic nitrogens is 1. The Bertz CT molecular complexity index is 1920. The van der Waals surface area contributed by atoms with Crippen molar-refractivity contribution in [3.8, 4) is 11.5 Å². The van der Waals surface area contributed by atoms with Crippen LogP contribution in [0.2, 0.25) is 5.02 Å². The first-order valence-electron chi connectivity index (χ1n) is 15.7. The topological polar surface area (TPSA) is 138 Å². The van der Waals surface area contributed by atoms with Gasteiger partial charge in [-0.15, -0.1) is 0 Å². The van der Waals surface area contributed by atoms with E-state index in [1.807, 2.05) is 12.1 Å². The van der Waals surface area contributed by atoms with Crippen molar-refractivity contribution in [3.05, 3.63) is 101 Å². The van der Waals surface area contributed by atoms with Crippen LogP contribution < -0.4 is 19.1 Å². The molecule has 14 heteroatoms. The Hall–Kier alpha value is -3.98. The number of hydrogen-bond acceptors (Lipinski definition) is 11. The van der Waals surface area contributed by atoms with Crippen molar-refractivity contribution in [2.75, 3.05) is 51.2 Å². The van der Waals surface area contributed by atoms with Crippen LogP contribution in [0.3, 0.4) is 0 Å². The highest BCUT2D eigenvalue weighted by Crippen LogP contribution is 2.57. The number of hydrogen-bond donors (Lipinski definition) is 2. The molecule has 0 spiro atoms. The Balaban J connectivity index is 1.49. The van der Waals surface area contributed by atoms with Crippen molar-refractivity contribution >= 4 is 33.2 Å². The van der Waals surface area contributed by atoms with Crippen LogP contribution in [-0.4, -0.2) is 87.3 Å². The number of β-amino-alcohol motifs (C(OH)–C–C–N with tert-alkyl or cyclic N) is 1. The largest absolute Gasteiger partial charge is 0.497 e. The molecule has 3 aliphatic rings. The zero-order chi connectivity index (χ0) is 33.6. The van der Waals surface area contributed by atoms with E-state index in [4.69, 9.17) is 25.5 Å². The first kappa shape index (κ1) is 32.6. The SMILES string of the molecule is COc1ccc(S(=O)(=O)N2C(=O)C(c3cc(CN4CCNCC4)ccc3OC)(N3CC(O)CC3c3ncco3)c3cc(Cl)ccc32)cc1. The van der Waals surface area contributed by atoms with E-state index in [2.05, 4.69) is 15.2 Å². The second-order valence-corrected chi connectivity index (χ2v) is 14.3. The molecule has 0 bridgehead atoms. The lowest BCUT2D eigenvalue weighted by atomic mass is 9.80. The number of benzene rings is 3. The monoisotopic (exact) mass is 693 g/mol. The summed E-state index contributed by atoms with van der Waals surface area (Å²) in [5.41, 5.74) is -0.0273. The predicted octanol–water partition coefficient (Wildman–Crippen LogP) is 3.54. The molecule has 1 aromatic heterocycles. The van der Waals surface area contributed by atoms with Gasteiger partial charge in [-0.05, 0) is 66.6 Å². The lowest BCUT2D eigenvalue weighted by Gasteiger charge is -2.41. The number of ether oxygens (including phenoxy) is 2. The molecule has 3 aromatic carbocycles. The first-order valence-corrected chi connectivity index (χ1v) is 17.5. The molecule has 12 nitrogen and oxygen atoms in total. The lowest BCUT2D eigenvalue weighted by molar-refractivity contribution is -0.127. The summed E-state index contributed by atoms with van der Waals surface area (Å²) >= 11 is 6.67. The van der Waals surface area contributed by atoms with E-state index >= 15 is 4.79 Å². The van der Waals surface area contributed by atoms with Crippen LogP contribution in [0.25, 0.3) is 0 Å². The minimum absolute atomic E-state index is 0.00629. The second-order valence-electron chi connectivity index (χ2n) is 12.1. The fourth-order valence-corrected chi connectivity index (χ4v) is 8.84. The number of likely N-dealkylation sites (tertiary alicyclic amines) is 1. The molecule has 7 rings (SSSR count). The minimum Gasteiger partial charge on any atom is -0.497 e. The van der Waals surface area contributed by atoms with Gasteiger partial charge in [0.2, 0.25) is 5.89 Å². The quantitative estimate of drug-likeness (QED) is 0.266.